The Balaban J connectivity index is 3.38. The molecule has 1 N–H and O–H groups in total. The number of hydrogen-bond donors (Lipinski definition) is 1. The Labute approximate surface area is 113 Å². The van der Waals surface area contributed by atoms with E-state index in [9.17, 15) is 0 Å². The molecule has 0 amide bonds. The summed E-state index contributed by atoms with van der Waals surface area (Å²) in [5, 5.41) is 3.42. The molecule has 0 heterocycles. The summed E-state index contributed by atoms with van der Waals surface area (Å²) in [5.74, 6) is 0. The molecule has 0 aromatic rings. The van der Waals surface area contributed by atoms with Crippen LogP contribution in [0.25, 0.3) is 0 Å². The number of methoxy groups -OCH3 is 1. The van der Waals surface area contributed by atoms with Crippen LogP contribution in [0.2, 0.25) is 0 Å². The van der Waals surface area contributed by atoms with Crippen LogP contribution in [0.1, 0.15) is 45.4 Å². The fourth-order valence-corrected chi connectivity index (χ4v) is 1.79. The molecule has 2 heteroatoms. The van der Waals surface area contributed by atoms with E-state index in [-0.39, 0.29) is 0 Å². The zero-order chi connectivity index (χ0) is 13.5. The van der Waals surface area contributed by atoms with Crippen LogP contribution in [-0.4, -0.2) is 20.3 Å². The van der Waals surface area contributed by atoms with Gasteiger partial charge in [0.05, 0.1) is 0 Å². The maximum Gasteiger partial charge on any atom is 0.0462 e. The molecule has 0 saturated heterocycles. The second-order valence-electron chi connectivity index (χ2n) is 4.40. The molecular weight excluding hydrogens is 222 g/mol. The first-order valence-corrected chi connectivity index (χ1v) is 7.03. The third-order valence-corrected chi connectivity index (χ3v) is 2.75. The first kappa shape index (κ1) is 17.0. The second-order valence-corrected chi connectivity index (χ2v) is 4.40. The summed E-state index contributed by atoms with van der Waals surface area (Å²) >= 11 is 0. The molecule has 2 nitrogen and oxygen atoms in total. The molecule has 0 aromatic carbocycles. The van der Waals surface area contributed by atoms with E-state index in [1.165, 1.54) is 38.5 Å². The molecule has 0 aliphatic heterocycles. The topological polar surface area (TPSA) is 21.3 Å². The second kappa shape index (κ2) is 14.0. The summed E-state index contributed by atoms with van der Waals surface area (Å²) in [6.45, 7) is 7.69. The van der Waals surface area contributed by atoms with E-state index < -0.39 is 0 Å². The molecule has 0 aliphatic carbocycles. The van der Waals surface area contributed by atoms with E-state index in [1.807, 2.05) is 25.2 Å². The van der Waals surface area contributed by atoms with Gasteiger partial charge in [-0.25, -0.2) is 0 Å². The zero-order valence-corrected chi connectivity index (χ0v) is 12.1. The van der Waals surface area contributed by atoms with Gasteiger partial charge in [-0.1, -0.05) is 44.4 Å². The van der Waals surface area contributed by atoms with E-state index in [4.69, 9.17) is 4.74 Å². The molecule has 0 fully saturated rings. The van der Waals surface area contributed by atoms with E-state index in [1.54, 1.807) is 7.11 Å². The van der Waals surface area contributed by atoms with Crippen LogP contribution in [0.3, 0.4) is 0 Å². The lowest BCUT2D eigenvalue weighted by Crippen LogP contribution is -2.13. The Kier molecular flexibility index (Phi) is 13.2. The number of hydrogen-bond acceptors (Lipinski definition) is 2. The van der Waals surface area contributed by atoms with Crippen molar-refractivity contribution in [1.82, 2.24) is 5.32 Å². The highest BCUT2D eigenvalue weighted by atomic mass is 16.5. The number of ether oxygens (including phenoxy) is 1. The quantitative estimate of drug-likeness (QED) is 0.414. The first-order chi connectivity index (χ1) is 8.85. The third-order valence-electron chi connectivity index (χ3n) is 2.75. The van der Waals surface area contributed by atoms with Crippen molar-refractivity contribution in [3.05, 3.63) is 36.6 Å². The fourth-order valence-electron chi connectivity index (χ4n) is 1.79. The Morgan fingerprint density at radius 3 is 2.39 bits per heavy atom. The van der Waals surface area contributed by atoms with E-state index in [2.05, 4.69) is 18.0 Å². The van der Waals surface area contributed by atoms with Gasteiger partial charge in [0.15, 0.2) is 0 Å². The summed E-state index contributed by atoms with van der Waals surface area (Å²) < 4.78 is 5.03. The van der Waals surface area contributed by atoms with Crippen molar-refractivity contribution in [3.63, 3.8) is 0 Å². The van der Waals surface area contributed by atoms with Crippen molar-refractivity contribution in [1.29, 1.82) is 0 Å². The molecule has 0 rings (SSSR count). The maximum absolute atomic E-state index is 5.03. The van der Waals surface area contributed by atoms with Gasteiger partial charge in [0.1, 0.15) is 0 Å². The minimum Gasteiger partial charge on any atom is -0.385 e. The Morgan fingerprint density at radius 1 is 1.11 bits per heavy atom. The monoisotopic (exact) mass is 251 g/mol. The minimum absolute atomic E-state index is 0.903. The molecule has 0 bridgehead atoms. The van der Waals surface area contributed by atoms with Gasteiger partial charge < -0.3 is 10.1 Å². The van der Waals surface area contributed by atoms with E-state index >= 15 is 0 Å². The zero-order valence-electron chi connectivity index (χ0n) is 12.1. The summed E-state index contributed by atoms with van der Waals surface area (Å²) in [5.41, 5.74) is 1.15. The van der Waals surface area contributed by atoms with Crippen molar-refractivity contribution >= 4 is 0 Å². The lowest BCUT2D eigenvalue weighted by molar-refractivity contribution is 0.192. The average Bonchev–Trinajstić information content (AvgIpc) is 2.37. The summed E-state index contributed by atoms with van der Waals surface area (Å²) in [6, 6.07) is 0. The number of rotatable bonds is 12. The molecule has 0 atom stereocenters. The Hall–Kier alpha value is -1.02. The van der Waals surface area contributed by atoms with Crippen molar-refractivity contribution in [3.8, 4) is 0 Å². The van der Waals surface area contributed by atoms with Crippen molar-refractivity contribution in [2.45, 2.75) is 45.4 Å². The SMILES string of the molecule is C=C/C=C(\C=C/C)NCCCCCCCCOC. The fraction of sp³-hybridized carbons (Fsp3) is 0.625. The molecule has 0 aliphatic rings. The van der Waals surface area contributed by atoms with Crippen LogP contribution in [0, 0.1) is 0 Å². The van der Waals surface area contributed by atoms with Gasteiger partial charge in [-0.3, -0.25) is 0 Å². The highest BCUT2D eigenvalue weighted by Crippen LogP contribution is 2.05. The van der Waals surface area contributed by atoms with Crippen LogP contribution in [0.4, 0.5) is 0 Å². The highest BCUT2D eigenvalue weighted by molar-refractivity contribution is 5.20. The Morgan fingerprint density at radius 2 is 1.78 bits per heavy atom. The van der Waals surface area contributed by atoms with Gasteiger partial charge in [0, 0.05) is 26.0 Å². The van der Waals surface area contributed by atoms with Gasteiger partial charge in [0.25, 0.3) is 0 Å². The normalized spacial score (nSPS) is 12.0. The lowest BCUT2D eigenvalue weighted by Gasteiger charge is -2.06. The number of unbranched alkanes of at least 4 members (excludes halogenated alkanes) is 5. The first-order valence-electron chi connectivity index (χ1n) is 7.03. The molecule has 0 aromatic heterocycles. The molecule has 18 heavy (non-hydrogen) atoms. The molecule has 0 spiro atoms. The highest BCUT2D eigenvalue weighted by Gasteiger charge is 1.92. The van der Waals surface area contributed by atoms with Crippen molar-refractivity contribution in [2.24, 2.45) is 0 Å². The molecule has 104 valence electrons. The molecule has 0 unspecified atom stereocenters. The number of allylic oxidation sites excluding steroid dienone is 4. The average molecular weight is 251 g/mol. The van der Waals surface area contributed by atoms with Crippen LogP contribution < -0.4 is 5.32 Å². The Bertz CT molecular complexity index is 243. The van der Waals surface area contributed by atoms with Gasteiger partial charge in [-0.05, 0) is 31.9 Å². The summed E-state index contributed by atoms with van der Waals surface area (Å²) in [7, 11) is 1.77. The van der Waals surface area contributed by atoms with Crippen LogP contribution in [-0.2, 0) is 4.74 Å². The van der Waals surface area contributed by atoms with Crippen LogP contribution >= 0.6 is 0 Å². The van der Waals surface area contributed by atoms with Crippen molar-refractivity contribution < 1.29 is 4.74 Å². The number of nitrogens with one attached hydrogen (secondary N) is 1. The lowest BCUT2D eigenvalue weighted by atomic mass is 10.1. The van der Waals surface area contributed by atoms with Crippen molar-refractivity contribution in [2.75, 3.05) is 20.3 Å². The van der Waals surface area contributed by atoms with E-state index in [0.717, 1.165) is 18.8 Å². The summed E-state index contributed by atoms with van der Waals surface area (Å²) in [6.07, 6.45) is 15.6. The van der Waals surface area contributed by atoms with Gasteiger partial charge in [0.2, 0.25) is 0 Å². The van der Waals surface area contributed by atoms with Gasteiger partial charge in [-0.15, -0.1) is 0 Å². The minimum atomic E-state index is 0.903. The van der Waals surface area contributed by atoms with Crippen LogP contribution in [0.15, 0.2) is 36.6 Å². The standard InChI is InChI=1S/C16H29NO/c1-4-12-16(13-5-2)17-14-10-8-6-7-9-11-15-18-3/h4-5,12-13,17H,1,6-11,14-15H2,2-3H3/b13-5-,16-12+. The van der Waals surface area contributed by atoms with Gasteiger partial charge in [-0.2, -0.15) is 0 Å². The summed E-state index contributed by atoms with van der Waals surface area (Å²) in [4.78, 5) is 0. The molecule has 0 radical (unpaired) electrons. The predicted molar refractivity (Wildman–Crippen MR) is 80.7 cm³/mol. The smallest absolute Gasteiger partial charge is 0.0462 e. The largest absolute Gasteiger partial charge is 0.385 e. The van der Waals surface area contributed by atoms with Crippen LogP contribution in [0.5, 0.6) is 0 Å². The predicted octanol–water partition coefficient (Wildman–Crippen LogP) is 4.21. The maximum atomic E-state index is 5.03. The van der Waals surface area contributed by atoms with E-state index in [0.29, 0.717) is 0 Å². The molecule has 0 saturated carbocycles. The van der Waals surface area contributed by atoms with Gasteiger partial charge >= 0.3 is 0 Å². The third kappa shape index (κ3) is 11.5. The molecular formula is C16H29NO.